The van der Waals surface area contributed by atoms with E-state index in [1.54, 1.807) is 24.3 Å². The van der Waals surface area contributed by atoms with E-state index in [0.29, 0.717) is 11.3 Å². The number of hydrogen-bond donors (Lipinski definition) is 2. The summed E-state index contributed by atoms with van der Waals surface area (Å²) in [6.45, 7) is 3.96. The van der Waals surface area contributed by atoms with Crippen molar-refractivity contribution in [3.05, 3.63) is 65.7 Å². The molecule has 0 heterocycles. The van der Waals surface area contributed by atoms with Crippen molar-refractivity contribution in [2.45, 2.75) is 19.4 Å². The van der Waals surface area contributed by atoms with Crippen LogP contribution in [0.5, 0.6) is 0 Å². The third-order valence-corrected chi connectivity index (χ3v) is 3.07. The summed E-state index contributed by atoms with van der Waals surface area (Å²) in [5, 5.41) is 3.02. The SMILES string of the molecule is CC(C)(NC(=O)c1cccc(N)c1)c1ccccc1. The summed E-state index contributed by atoms with van der Waals surface area (Å²) in [7, 11) is 0. The van der Waals surface area contributed by atoms with Gasteiger partial charge in [-0.2, -0.15) is 0 Å². The largest absolute Gasteiger partial charge is 0.399 e. The number of rotatable bonds is 3. The smallest absolute Gasteiger partial charge is 0.252 e. The second kappa shape index (κ2) is 5.14. The van der Waals surface area contributed by atoms with E-state index in [4.69, 9.17) is 5.73 Å². The van der Waals surface area contributed by atoms with E-state index in [1.165, 1.54) is 0 Å². The zero-order valence-corrected chi connectivity index (χ0v) is 11.2. The van der Waals surface area contributed by atoms with E-state index in [9.17, 15) is 4.79 Å². The van der Waals surface area contributed by atoms with Gasteiger partial charge in [-0.1, -0.05) is 36.4 Å². The average molecular weight is 254 g/mol. The number of anilines is 1. The molecule has 0 unspecified atom stereocenters. The molecule has 0 radical (unpaired) electrons. The Bertz CT molecular complexity index is 576. The van der Waals surface area contributed by atoms with Crippen LogP contribution in [-0.4, -0.2) is 5.91 Å². The second-order valence-corrected chi connectivity index (χ2v) is 5.07. The van der Waals surface area contributed by atoms with Crippen LogP contribution in [0.25, 0.3) is 0 Å². The maximum Gasteiger partial charge on any atom is 0.252 e. The fraction of sp³-hybridized carbons (Fsp3) is 0.188. The topological polar surface area (TPSA) is 55.1 Å². The number of nitrogens with one attached hydrogen (secondary N) is 1. The van der Waals surface area contributed by atoms with Crippen molar-refractivity contribution in [2.24, 2.45) is 0 Å². The predicted molar refractivity (Wildman–Crippen MR) is 77.8 cm³/mol. The van der Waals surface area contributed by atoms with Gasteiger partial charge in [0.1, 0.15) is 0 Å². The van der Waals surface area contributed by atoms with E-state index in [2.05, 4.69) is 5.32 Å². The number of benzene rings is 2. The minimum Gasteiger partial charge on any atom is -0.399 e. The van der Waals surface area contributed by atoms with E-state index < -0.39 is 5.54 Å². The molecule has 0 fully saturated rings. The molecule has 2 rings (SSSR count). The van der Waals surface area contributed by atoms with Crippen molar-refractivity contribution in [3.8, 4) is 0 Å². The molecular weight excluding hydrogens is 236 g/mol. The van der Waals surface area contributed by atoms with Gasteiger partial charge in [0, 0.05) is 11.3 Å². The third-order valence-electron chi connectivity index (χ3n) is 3.07. The monoisotopic (exact) mass is 254 g/mol. The minimum absolute atomic E-state index is 0.124. The van der Waals surface area contributed by atoms with Gasteiger partial charge in [-0.15, -0.1) is 0 Å². The highest BCUT2D eigenvalue weighted by Gasteiger charge is 2.23. The van der Waals surface area contributed by atoms with Crippen molar-refractivity contribution in [2.75, 3.05) is 5.73 Å². The van der Waals surface area contributed by atoms with Crippen molar-refractivity contribution in [1.29, 1.82) is 0 Å². The zero-order valence-electron chi connectivity index (χ0n) is 11.2. The van der Waals surface area contributed by atoms with Gasteiger partial charge in [0.25, 0.3) is 5.91 Å². The molecule has 0 aliphatic carbocycles. The Morgan fingerprint density at radius 3 is 2.37 bits per heavy atom. The lowest BCUT2D eigenvalue weighted by Crippen LogP contribution is -2.40. The highest BCUT2D eigenvalue weighted by Crippen LogP contribution is 2.20. The van der Waals surface area contributed by atoms with Crippen molar-refractivity contribution < 1.29 is 4.79 Å². The number of nitrogens with two attached hydrogens (primary N) is 1. The molecule has 0 spiro atoms. The van der Waals surface area contributed by atoms with Crippen LogP contribution in [-0.2, 0) is 5.54 Å². The van der Waals surface area contributed by atoms with Crippen molar-refractivity contribution in [1.82, 2.24) is 5.32 Å². The van der Waals surface area contributed by atoms with E-state index >= 15 is 0 Å². The van der Waals surface area contributed by atoms with Crippen molar-refractivity contribution >= 4 is 11.6 Å². The predicted octanol–water partition coefficient (Wildman–Crippen LogP) is 2.93. The highest BCUT2D eigenvalue weighted by atomic mass is 16.1. The van der Waals surface area contributed by atoms with Crippen LogP contribution in [0.1, 0.15) is 29.8 Å². The summed E-state index contributed by atoms with van der Waals surface area (Å²) in [6, 6.07) is 16.9. The maximum atomic E-state index is 12.2. The number of carbonyl (C=O) groups is 1. The van der Waals surface area contributed by atoms with Gasteiger partial charge in [0.2, 0.25) is 0 Å². The molecule has 0 bridgehead atoms. The Morgan fingerprint density at radius 1 is 1.05 bits per heavy atom. The Balaban J connectivity index is 2.19. The fourth-order valence-corrected chi connectivity index (χ4v) is 1.96. The van der Waals surface area contributed by atoms with Crippen LogP contribution in [0.3, 0.4) is 0 Å². The molecule has 0 aliphatic rings. The van der Waals surface area contributed by atoms with Crippen LogP contribution in [0.2, 0.25) is 0 Å². The first-order chi connectivity index (χ1) is 8.99. The van der Waals surface area contributed by atoms with Gasteiger partial charge in [0.05, 0.1) is 5.54 Å². The Hall–Kier alpha value is -2.29. The quantitative estimate of drug-likeness (QED) is 0.827. The number of carbonyl (C=O) groups excluding carboxylic acids is 1. The van der Waals surface area contributed by atoms with Crippen molar-refractivity contribution in [3.63, 3.8) is 0 Å². The van der Waals surface area contributed by atoms with Crippen LogP contribution < -0.4 is 11.1 Å². The van der Waals surface area contributed by atoms with Gasteiger partial charge in [-0.3, -0.25) is 4.79 Å². The molecule has 2 aromatic carbocycles. The second-order valence-electron chi connectivity index (χ2n) is 5.07. The molecule has 0 saturated carbocycles. The first kappa shape index (κ1) is 13.1. The first-order valence-corrected chi connectivity index (χ1v) is 6.22. The lowest BCUT2D eigenvalue weighted by atomic mass is 9.94. The van der Waals surface area contributed by atoms with Crippen LogP contribution >= 0.6 is 0 Å². The lowest BCUT2D eigenvalue weighted by Gasteiger charge is -2.27. The van der Waals surface area contributed by atoms with Crippen LogP contribution in [0, 0.1) is 0 Å². The lowest BCUT2D eigenvalue weighted by molar-refractivity contribution is 0.0912. The molecule has 98 valence electrons. The van der Waals surface area contributed by atoms with Gasteiger partial charge >= 0.3 is 0 Å². The molecule has 2 aromatic rings. The van der Waals surface area contributed by atoms with Gasteiger partial charge < -0.3 is 11.1 Å². The summed E-state index contributed by atoms with van der Waals surface area (Å²) in [5.41, 5.74) is 7.49. The van der Waals surface area contributed by atoms with Gasteiger partial charge in [-0.05, 0) is 37.6 Å². The number of hydrogen-bond acceptors (Lipinski definition) is 2. The van der Waals surface area contributed by atoms with E-state index in [-0.39, 0.29) is 5.91 Å². The summed E-state index contributed by atoms with van der Waals surface area (Å²) in [4.78, 5) is 12.2. The first-order valence-electron chi connectivity index (χ1n) is 6.22. The molecule has 0 atom stereocenters. The molecule has 19 heavy (non-hydrogen) atoms. The van der Waals surface area contributed by atoms with E-state index in [1.807, 2.05) is 44.2 Å². The van der Waals surface area contributed by atoms with Crippen LogP contribution in [0.15, 0.2) is 54.6 Å². The summed E-state index contributed by atoms with van der Waals surface area (Å²) in [5.74, 6) is -0.124. The summed E-state index contributed by atoms with van der Waals surface area (Å²) >= 11 is 0. The Kier molecular flexibility index (Phi) is 3.56. The molecule has 0 aromatic heterocycles. The molecule has 0 saturated heterocycles. The molecule has 1 amide bonds. The number of amides is 1. The third kappa shape index (κ3) is 3.13. The number of nitrogen functional groups attached to an aromatic ring is 1. The average Bonchev–Trinajstić information content (AvgIpc) is 2.39. The molecular formula is C16H18N2O. The normalized spacial score (nSPS) is 11.1. The summed E-state index contributed by atoms with van der Waals surface area (Å²) in [6.07, 6.45) is 0. The molecule has 3 heteroatoms. The fourth-order valence-electron chi connectivity index (χ4n) is 1.96. The highest BCUT2D eigenvalue weighted by molar-refractivity contribution is 5.95. The Morgan fingerprint density at radius 2 is 1.74 bits per heavy atom. The molecule has 3 nitrogen and oxygen atoms in total. The maximum absolute atomic E-state index is 12.2. The zero-order chi connectivity index (χ0) is 13.9. The summed E-state index contributed by atoms with van der Waals surface area (Å²) < 4.78 is 0. The molecule has 0 aliphatic heterocycles. The standard InChI is InChI=1S/C16H18N2O/c1-16(2,13-8-4-3-5-9-13)18-15(19)12-7-6-10-14(17)11-12/h3-11H,17H2,1-2H3,(H,18,19). The minimum atomic E-state index is -0.428. The van der Waals surface area contributed by atoms with E-state index in [0.717, 1.165) is 5.56 Å². The van der Waals surface area contributed by atoms with Gasteiger partial charge in [0.15, 0.2) is 0 Å². The van der Waals surface area contributed by atoms with Crippen LogP contribution in [0.4, 0.5) is 5.69 Å². The molecule has 3 N–H and O–H groups in total. The Labute approximate surface area is 113 Å². The van der Waals surface area contributed by atoms with Gasteiger partial charge in [-0.25, -0.2) is 0 Å².